The van der Waals surface area contributed by atoms with Gasteiger partial charge in [0, 0.05) is 41.1 Å². The van der Waals surface area contributed by atoms with E-state index in [9.17, 15) is 9.59 Å². The minimum Gasteiger partial charge on any atom is -0.451 e. The summed E-state index contributed by atoms with van der Waals surface area (Å²) < 4.78 is 5.76. The maximum Gasteiger partial charge on any atom is 0.317 e. The molecule has 0 atom stereocenters. The van der Waals surface area contributed by atoms with Crippen molar-refractivity contribution in [1.29, 1.82) is 0 Å². The molecule has 1 saturated carbocycles. The van der Waals surface area contributed by atoms with Crippen LogP contribution in [0, 0.1) is 6.92 Å². The van der Waals surface area contributed by atoms with Gasteiger partial charge in [-0.15, -0.1) is 0 Å². The molecule has 4 rings (SSSR count). The summed E-state index contributed by atoms with van der Waals surface area (Å²) in [6.07, 6.45) is 7.33. The zero-order valence-corrected chi connectivity index (χ0v) is 17.6. The zero-order chi connectivity index (χ0) is 20.4. The Morgan fingerprint density at radius 3 is 2.45 bits per heavy atom. The van der Waals surface area contributed by atoms with Gasteiger partial charge in [-0.3, -0.25) is 4.79 Å². The molecule has 1 aliphatic heterocycles. The summed E-state index contributed by atoms with van der Waals surface area (Å²) in [5, 5.41) is 7.72. The Morgan fingerprint density at radius 1 is 1.03 bits per heavy atom. The van der Waals surface area contributed by atoms with Gasteiger partial charge >= 0.3 is 6.03 Å². The summed E-state index contributed by atoms with van der Waals surface area (Å²) >= 11 is 6.06. The summed E-state index contributed by atoms with van der Waals surface area (Å²) in [6.45, 7) is 3.17. The van der Waals surface area contributed by atoms with Crippen LogP contribution in [0.4, 0.5) is 4.79 Å². The molecule has 2 fully saturated rings. The third-order valence-electron chi connectivity index (χ3n) is 6.15. The largest absolute Gasteiger partial charge is 0.451 e. The molecule has 2 aromatic rings. The minimum atomic E-state index is -0.208. The first-order chi connectivity index (χ1) is 14.0. The summed E-state index contributed by atoms with van der Waals surface area (Å²) in [4.78, 5) is 27.1. The van der Waals surface area contributed by atoms with Gasteiger partial charge < -0.3 is 20.0 Å². The first-order valence-electron chi connectivity index (χ1n) is 10.6. The lowest BCUT2D eigenvalue weighted by atomic mass is 9.95. The number of rotatable bonds is 3. The lowest BCUT2D eigenvalue weighted by Crippen LogP contribution is -2.51. The van der Waals surface area contributed by atoms with E-state index < -0.39 is 0 Å². The van der Waals surface area contributed by atoms with Gasteiger partial charge in [0.05, 0.1) is 0 Å². The summed E-state index contributed by atoms with van der Waals surface area (Å²) in [5.74, 6) is 0.125. The van der Waals surface area contributed by atoms with Crippen molar-refractivity contribution in [1.82, 2.24) is 15.5 Å². The third-order valence-corrected chi connectivity index (χ3v) is 6.39. The molecule has 7 heteroatoms. The summed E-state index contributed by atoms with van der Waals surface area (Å²) in [6, 6.07) is 5.74. The predicted molar refractivity (Wildman–Crippen MR) is 113 cm³/mol. The maximum absolute atomic E-state index is 12.7. The van der Waals surface area contributed by atoms with Gasteiger partial charge in [0.25, 0.3) is 5.91 Å². The van der Waals surface area contributed by atoms with Crippen molar-refractivity contribution >= 4 is 34.5 Å². The number of hydrogen-bond donors (Lipinski definition) is 2. The lowest BCUT2D eigenvalue weighted by molar-refractivity contribution is 0.0890. The number of hydrogen-bond acceptors (Lipinski definition) is 3. The number of piperidine rings is 1. The van der Waals surface area contributed by atoms with Crippen LogP contribution in [0.25, 0.3) is 11.0 Å². The highest BCUT2D eigenvalue weighted by Gasteiger charge is 2.27. The van der Waals surface area contributed by atoms with E-state index in [2.05, 4.69) is 10.6 Å². The van der Waals surface area contributed by atoms with E-state index >= 15 is 0 Å². The molecule has 0 bridgehead atoms. The summed E-state index contributed by atoms with van der Waals surface area (Å²) in [7, 11) is 0. The Balaban J connectivity index is 1.31. The average molecular weight is 418 g/mol. The normalized spacial score (nSPS) is 18.8. The van der Waals surface area contributed by atoms with E-state index in [1.54, 1.807) is 12.1 Å². The van der Waals surface area contributed by atoms with Crippen LogP contribution in [0.15, 0.2) is 22.6 Å². The van der Waals surface area contributed by atoms with E-state index in [4.69, 9.17) is 16.0 Å². The molecule has 1 aliphatic carbocycles. The predicted octanol–water partition coefficient (Wildman–Crippen LogP) is 4.63. The van der Waals surface area contributed by atoms with E-state index in [1.165, 1.54) is 19.3 Å². The SMILES string of the molecule is Cc1c(C(=O)NC2CCN(C(=O)NC3CCCCC3)CC2)oc2ccc(Cl)cc12. The molecular weight excluding hydrogens is 390 g/mol. The number of urea groups is 1. The molecule has 3 amide bonds. The lowest BCUT2D eigenvalue weighted by Gasteiger charge is -2.34. The smallest absolute Gasteiger partial charge is 0.317 e. The molecule has 29 heavy (non-hydrogen) atoms. The minimum absolute atomic E-state index is 0.0340. The van der Waals surface area contributed by atoms with Crippen molar-refractivity contribution in [2.45, 2.75) is 64.0 Å². The second kappa shape index (κ2) is 8.66. The molecule has 2 N–H and O–H groups in total. The van der Waals surface area contributed by atoms with Crippen LogP contribution >= 0.6 is 11.6 Å². The Hall–Kier alpha value is -2.21. The zero-order valence-electron chi connectivity index (χ0n) is 16.8. The number of carbonyl (C=O) groups excluding carboxylic acids is 2. The molecule has 156 valence electrons. The molecule has 1 aromatic carbocycles. The fourth-order valence-corrected chi connectivity index (χ4v) is 4.57. The van der Waals surface area contributed by atoms with Crippen LogP contribution in [0.2, 0.25) is 5.02 Å². The van der Waals surface area contributed by atoms with E-state index in [0.717, 1.165) is 36.6 Å². The molecule has 1 aromatic heterocycles. The van der Waals surface area contributed by atoms with Crippen molar-refractivity contribution in [3.63, 3.8) is 0 Å². The molecule has 0 unspecified atom stereocenters. The molecule has 1 saturated heterocycles. The average Bonchev–Trinajstić information content (AvgIpc) is 3.05. The molecule has 2 heterocycles. The van der Waals surface area contributed by atoms with Gasteiger partial charge in [0.1, 0.15) is 5.58 Å². The quantitative estimate of drug-likeness (QED) is 0.764. The van der Waals surface area contributed by atoms with Crippen molar-refractivity contribution < 1.29 is 14.0 Å². The Bertz CT molecular complexity index is 896. The van der Waals surface area contributed by atoms with Gasteiger partial charge in [0.2, 0.25) is 0 Å². The highest BCUT2D eigenvalue weighted by Crippen LogP contribution is 2.28. The topological polar surface area (TPSA) is 74.6 Å². The van der Waals surface area contributed by atoms with Crippen LogP contribution in [-0.2, 0) is 0 Å². The van der Waals surface area contributed by atoms with Gasteiger partial charge in [-0.05, 0) is 50.8 Å². The van der Waals surface area contributed by atoms with E-state index in [1.807, 2.05) is 17.9 Å². The molecule has 2 aliphatic rings. The fourth-order valence-electron chi connectivity index (χ4n) is 4.40. The molecule has 6 nitrogen and oxygen atoms in total. The fraction of sp³-hybridized carbons (Fsp3) is 0.545. The van der Waals surface area contributed by atoms with Gasteiger partial charge in [-0.2, -0.15) is 0 Å². The first kappa shape index (κ1) is 20.1. The van der Waals surface area contributed by atoms with E-state index in [-0.39, 0.29) is 18.0 Å². The highest BCUT2D eigenvalue weighted by atomic mass is 35.5. The number of amides is 3. The number of fused-ring (bicyclic) bond motifs is 1. The van der Waals surface area contributed by atoms with Crippen molar-refractivity contribution in [2.75, 3.05) is 13.1 Å². The Morgan fingerprint density at radius 2 is 1.72 bits per heavy atom. The van der Waals surface area contributed by atoms with Gasteiger partial charge in [-0.25, -0.2) is 4.79 Å². The number of halogens is 1. The Labute approximate surface area is 175 Å². The van der Waals surface area contributed by atoms with Crippen molar-refractivity contribution in [3.05, 3.63) is 34.5 Å². The number of carbonyl (C=O) groups is 2. The third kappa shape index (κ3) is 4.53. The van der Waals surface area contributed by atoms with Crippen LogP contribution in [-0.4, -0.2) is 42.0 Å². The second-order valence-electron chi connectivity index (χ2n) is 8.22. The summed E-state index contributed by atoms with van der Waals surface area (Å²) in [5.41, 5.74) is 1.45. The number of nitrogens with zero attached hydrogens (tertiary/aromatic N) is 1. The Kier molecular flexibility index (Phi) is 5.99. The van der Waals surface area contributed by atoms with Gasteiger partial charge in [0.15, 0.2) is 5.76 Å². The van der Waals surface area contributed by atoms with Crippen molar-refractivity contribution in [2.24, 2.45) is 0 Å². The monoisotopic (exact) mass is 417 g/mol. The van der Waals surface area contributed by atoms with Crippen LogP contribution in [0.5, 0.6) is 0 Å². The van der Waals surface area contributed by atoms with Crippen LogP contribution in [0.1, 0.15) is 61.1 Å². The number of nitrogens with one attached hydrogen (secondary N) is 2. The standard InChI is InChI=1S/C22H28ClN3O3/c1-14-18-13-15(23)7-8-19(18)29-20(14)21(27)24-17-9-11-26(12-10-17)22(28)25-16-5-3-2-4-6-16/h7-8,13,16-17H,2-6,9-12H2,1H3,(H,24,27)(H,25,28). The number of aryl methyl sites for hydroxylation is 1. The second-order valence-corrected chi connectivity index (χ2v) is 8.65. The van der Waals surface area contributed by atoms with E-state index in [0.29, 0.717) is 35.5 Å². The number of likely N-dealkylation sites (tertiary alicyclic amines) is 1. The van der Waals surface area contributed by atoms with Crippen LogP contribution < -0.4 is 10.6 Å². The van der Waals surface area contributed by atoms with Crippen molar-refractivity contribution in [3.8, 4) is 0 Å². The number of furan rings is 1. The number of benzene rings is 1. The maximum atomic E-state index is 12.7. The highest BCUT2D eigenvalue weighted by molar-refractivity contribution is 6.31. The molecule has 0 spiro atoms. The molecule has 0 radical (unpaired) electrons. The van der Waals surface area contributed by atoms with Gasteiger partial charge in [-0.1, -0.05) is 30.9 Å². The van der Waals surface area contributed by atoms with Crippen LogP contribution in [0.3, 0.4) is 0 Å². The molecular formula is C22H28ClN3O3. The first-order valence-corrected chi connectivity index (χ1v) is 10.9.